The predicted octanol–water partition coefficient (Wildman–Crippen LogP) is 3.52. The molecule has 0 atom stereocenters. The molecule has 2 fully saturated rings. The topological polar surface area (TPSA) is 49.4 Å². The number of amides is 2. The maximum Gasteiger partial charge on any atom is 0.245 e. The molecule has 1 aromatic rings. The Kier molecular flexibility index (Phi) is 4.88. The minimum atomic E-state index is -0.430. The van der Waals surface area contributed by atoms with Gasteiger partial charge in [-0.1, -0.05) is 35.8 Å². The molecule has 0 bridgehead atoms. The molecule has 128 valence electrons. The largest absolute Gasteiger partial charge is 0.346 e. The summed E-state index contributed by atoms with van der Waals surface area (Å²) in [7, 11) is 0. The second-order valence-corrected chi connectivity index (χ2v) is 7.29. The maximum atomic E-state index is 12.7. The molecular formula is C18H20Cl2N2O2. The molecule has 0 aromatic heterocycles. The molecule has 1 N–H and O–H groups in total. The lowest BCUT2D eigenvalue weighted by atomic mass is 9.94. The van der Waals surface area contributed by atoms with Gasteiger partial charge < -0.3 is 10.2 Å². The van der Waals surface area contributed by atoms with Crippen LogP contribution in [-0.2, 0) is 15.1 Å². The highest BCUT2D eigenvalue weighted by molar-refractivity contribution is 6.36. The Bertz CT molecular complexity index is 657. The highest BCUT2D eigenvalue weighted by Gasteiger charge is 2.49. The Morgan fingerprint density at radius 2 is 1.79 bits per heavy atom. The van der Waals surface area contributed by atoms with E-state index in [1.54, 1.807) is 23.1 Å². The number of hydrogen-bond donors (Lipinski definition) is 1. The first-order chi connectivity index (χ1) is 11.5. The number of carbonyl (C=O) groups excluding carboxylic acids is 2. The molecule has 1 aliphatic heterocycles. The lowest BCUT2D eigenvalue weighted by molar-refractivity contribution is -0.132. The van der Waals surface area contributed by atoms with Gasteiger partial charge in [-0.25, -0.2) is 0 Å². The number of piperidine rings is 1. The lowest BCUT2D eigenvalue weighted by Gasteiger charge is -2.32. The van der Waals surface area contributed by atoms with Crippen molar-refractivity contribution >= 4 is 35.0 Å². The molecular weight excluding hydrogens is 347 g/mol. The molecule has 6 heteroatoms. The first-order valence-corrected chi connectivity index (χ1v) is 8.90. The van der Waals surface area contributed by atoms with Crippen LogP contribution in [0.25, 0.3) is 0 Å². The van der Waals surface area contributed by atoms with Gasteiger partial charge in [0.15, 0.2) is 0 Å². The van der Waals surface area contributed by atoms with Gasteiger partial charge in [0.1, 0.15) is 0 Å². The van der Waals surface area contributed by atoms with Crippen LogP contribution < -0.4 is 5.32 Å². The van der Waals surface area contributed by atoms with E-state index in [1.807, 2.05) is 0 Å². The van der Waals surface area contributed by atoms with E-state index in [-0.39, 0.29) is 17.7 Å². The summed E-state index contributed by atoms with van der Waals surface area (Å²) < 4.78 is 0. The second-order valence-electron chi connectivity index (χ2n) is 6.47. The van der Waals surface area contributed by atoms with Crippen LogP contribution in [0.1, 0.15) is 31.2 Å². The average molecular weight is 367 g/mol. The summed E-state index contributed by atoms with van der Waals surface area (Å²) in [4.78, 5) is 26.0. The standard InChI is InChI=1S/C18H20Cl2N2O2/c1-2-15(23)22-10-6-12(7-11-22)17(24)21-18(8-9-18)16-13(19)4-3-5-14(16)20/h2-5,12H,1,6-11H2,(H,21,24). The number of carbonyl (C=O) groups is 2. The SMILES string of the molecule is C=CC(=O)N1CCC(C(=O)NC2(c3c(Cl)cccc3Cl)CC2)CC1. The number of likely N-dealkylation sites (tertiary alicyclic amines) is 1. The summed E-state index contributed by atoms with van der Waals surface area (Å²) >= 11 is 12.6. The van der Waals surface area contributed by atoms with Crippen molar-refractivity contribution in [2.24, 2.45) is 5.92 Å². The molecule has 1 aliphatic carbocycles. The third kappa shape index (κ3) is 3.31. The van der Waals surface area contributed by atoms with Crippen molar-refractivity contribution in [1.29, 1.82) is 0 Å². The van der Waals surface area contributed by atoms with E-state index >= 15 is 0 Å². The number of rotatable bonds is 4. The van der Waals surface area contributed by atoms with E-state index in [0.29, 0.717) is 36.0 Å². The molecule has 0 unspecified atom stereocenters. The Morgan fingerprint density at radius 1 is 1.21 bits per heavy atom. The van der Waals surface area contributed by atoms with Gasteiger partial charge in [-0.05, 0) is 43.9 Å². The van der Waals surface area contributed by atoms with E-state index in [1.165, 1.54) is 6.08 Å². The first kappa shape index (κ1) is 17.3. The van der Waals surface area contributed by atoms with Gasteiger partial charge in [-0.15, -0.1) is 0 Å². The van der Waals surface area contributed by atoms with E-state index in [0.717, 1.165) is 18.4 Å². The third-order valence-corrected chi connectivity index (χ3v) is 5.54. The van der Waals surface area contributed by atoms with Crippen LogP contribution in [0, 0.1) is 5.92 Å². The molecule has 24 heavy (non-hydrogen) atoms. The molecule has 2 amide bonds. The van der Waals surface area contributed by atoms with Gasteiger partial charge in [0.05, 0.1) is 5.54 Å². The van der Waals surface area contributed by atoms with E-state index < -0.39 is 5.54 Å². The number of halogens is 2. The number of hydrogen-bond acceptors (Lipinski definition) is 2. The van der Waals surface area contributed by atoms with Crippen molar-refractivity contribution < 1.29 is 9.59 Å². The first-order valence-electron chi connectivity index (χ1n) is 8.15. The lowest BCUT2D eigenvalue weighted by Crippen LogP contribution is -2.45. The Labute approximate surface area is 151 Å². The van der Waals surface area contributed by atoms with Gasteiger partial charge in [0.25, 0.3) is 0 Å². The Hall–Kier alpha value is -1.52. The van der Waals surface area contributed by atoms with Crippen molar-refractivity contribution in [3.63, 3.8) is 0 Å². The molecule has 1 saturated carbocycles. The molecule has 1 saturated heterocycles. The normalized spacial score (nSPS) is 19.7. The van der Waals surface area contributed by atoms with Crippen molar-refractivity contribution in [2.45, 2.75) is 31.2 Å². The van der Waals surface area contributed by atoms with Gasteiger partial charge in [-0.3, -0.25) is 9.59 Å². The monoisotopic (exact) mass is 366 g/mol. The molecule has 1 heterocycles. The third-order valence-electron chi connectivity index (χ3n) is 4.91. The minimum absolute atomic E-state index is 0.0224. The van der Waals surface area contributed by atoms with Crippen molar-refractivity contribution in [3.05, 3.63) is 46.5 Å². The number of benzene rings is 1. The van der Waals surface area contributed by atoms with Crippen LogP contribution in [0.15, 0.2) is 30.9 Å². The minimum Gasteiger partial charge on any atom is -0.346 e. The van der Waals surface area contributed by atoms with Gasteiger partial charge >= 0.3 is 0 Å². The van der Waals surface area contributed by atoms with E-state index in [2.05, 4.69) is 11.9 Å². The summed E-state index contributed by atoms with van der Waals surface area (Å²) in [6.45, 7) is 4.67. The van der Waals surface area contributed by atoms with Crippen LogP contribution in [-0.4, -0.2) is 29.8 Å². The highest BCUT2D eigenvalue weighted by Crippen LogP contribution is 2.50. The summed E-state index contributed by atoms with van der Waals surface area (Å²) in [5.41, 5.74) is 0.390. The molecule has 1 aromatic carbocycles. The van der Waals surface area contributed by atoms with Gasteiger partial charge in [0.2, 0.25) is 11.8 Å². The van der Waals surface area contributed by atoms with Crippen molar-refractivity contribution in [1.82, 2.24) is 10.2 Å². The molecule has 2 aliphatic rings. The fourth-order valence-corrected chi connectivity index (χ4v) is 4.11. The zero-order valence-corrected chi connectivity index (χ0v) is 14.9. The molecule has 3 rings (SSSR count). The number of nitrogens with one attached hydrogen (secondary N) is 1. The highest BCUT2D eigenvalue weighted by atomic mass is 35.5. The average Bonchev–Trinajstić information content (AvgIpc) is 3.34. The quantitative estimate of drug-likeness (QED) is 0.828. The van der Waals surface area contributed by atoms with Gasteiger partial charge in [0, 0.05) is 34.6 Å². The van der Waals surface area contributed by atoms with Crippen molar-refractivity contribution in [2.75, 3.05) is 13.1 Å². The smallest absolute Gasteiger partial charge is 0.245 e. The summed E-state index contributed by atoms with van der Waals surface area (Å²) in [5, 5.41) is 4.34. The fourth-order valence-electron chi connectivity index (χ4n) is 3.35. The predicted molar refractivity (Wildman–Crippen MR) is 95.0 cm³/mol. The van der Waals surface area contributed by atoms with Crippen LogP contribution >= 0.6 is 23.2 Å². The molecule has 0 spiro atoms. The van der Waals surface area contributed by atoms with Gasteiger partial charge in [-0.2, -0.15) is 0 Å². The fraction of sp³-hybridized carbons (Fsp3) is 0.444. The van der Waals surface area contributed by atoms with E-state index in [9.17, 15) is 9.59 Å². The summed E-state index contributed by atoms with van der Waals surface area (Å²) in [6, 6.07) is 5.40. The molecule has 4 nitrogen and oxygen atoms in total. The second kappa shape index (κ2) is 6.77. The zero-order valence-electron chi connectivity index (χ0n) is 13.4. The van der Waals surface area contributed by atoms with Crippen LogP contribution in [0.3, 0.4) is 0 Å². The van der Waals surface area contributed by atoms with Crippen LogP contribution in [0.4, 0.5) is 0 Å². The summed E-state index contributed by atoms with van der Waals surface area (Å²) in [5.74, 6) is -0.137. The summed E-state index contributed by atoms with van der Waals surface area (Å²) in [6.07, 6.45) is 4.33. The number of nitrogens with zero attached hydrogens (tertiary/aromatic N) is 1. The Balaban J connectivity index is 1.66. The zero-order chi connectivity index (χ0) is 17.3. The van der Waals surface area contributed by atoms with Crippen LogP contribution in [0.5, 0.6) is 0 Å². The van der Waals surface area contributed by atoms with Crippen LogP contribution in [0.2, 0.25) is 10.0 Å². The molecule has 0 radical (unpaired) electrons. The maximum absolute atomic E-state index is 12.7. The van der Waals surface area contributed by atoms with E-state index in [4.69, 9.17) is 23.2 Å². The van der Waals surface area contributed by atoms with Crippen molar-refractivity contribution in [3.8, 4) is 0 Å². The Morgan fingerprint density at radius 3 is 2.29 bits per heavy atom.